The molecule has 2 unspecified atom stereocenters. The zero-order valence-corrected chi connectivity index (χ0v) is 10.1. The number of aliphatic hydroxyl groups is 1. The molecular weight excluding hydrogens is 219 g/mol. The zero-order valence-electron chi connectivity index (χ0n) is 10.1. The van der Waals surface area contributed by atoms with Crippen molar-refractivity contribution < 1.29 is 9.50 Å². The van der Waals surface area contributed by atoms with Crippen molar-refractivity contribution in [3.63, 3.8) is 0 Å². The number of pyridine rings is 1. The first-order valence-electron chi connectivity index (χ1n) is 6.15. The average Bonchev–Trinajstić information content (AvgIpc) is 2.30. The fraction of sp³-hybridized carbons (Fsp3) is 0.615. The van der Waals surface area contributed by atoms with Crippen molar-refractivity contribution in [1.82, 2.24) is 10.3 Å². The topological polar surface area (TPSA) is 45.1 Å². The van der Waals surface area contributed by atoms with E-state index in [1.54, 1.807) is 6.92 Å². The van der Waals surface area contributed by atoms with Gasteiger partial charge in [0.15, 0.2) is 0 Å². The molecule has 0 spiro atoms. The van der Waals surface area contributed by atoms with Crippen molar-refractivity contribution in [2.45, 2.75) is 44.2 Å². The number of piperidine rings is 1. The molecule has 0 radical (unpaired) electrons. The Kier molecular flexibility index (Phi) is 3.74. The Morgan fingerprint density at radius 2 is 2.35 bits per heavy atom. The summed E-state index contributed by atoms with van der Waals surface area (Å²) in [5.74, 6) is -0.403. The normalized spacial score (nSPS) is 24.3. The highest BCUT2D eigenvalue weighted by molar-refractivity contribution is 5.18. The molecule has 2 rings (SSSR count). The largest absolute Gasteiger partial charge is 0.385 e. The van der Waals surface area contributed by atoms with Crippen molar-refractivity contribution in [2.24, 2.45) is 0 Å². The fourth-order valence-electron chi connectivity index (χ4n) is 2.40. The average molecular weight is 238 g/mol. The van der Waals surface area contributed by atoms with Crippen LogP contribution in [0.3, 0.4) is 0 Å². The number of aromatic nitrogens is 1. The van der Waals surface area contributed by atoms with Crippen molar-refractivity contribution >= 4 is 0 Å². The van der Waals surface area contributed by atoms with Crippen molar-refractivity contribution in [1.29, 1.82) is 0 Å². The van der Waals surface area contributed by atoms with E-state index in [-0.39, 0.29) is 0 Å². The highest BCUT2D eigenvalue weighted by Crippen LogP contribution is 2.28. The number of nitrogens with zero attached hydrogens (tertiary/aromatic N) is 1. The summed E-state index contributed by atoms with van der Waals surface area (Å²) in [7, 11) is 0. The summed E-state index contributed by atoms with van der Waals surface area (Å²) in [4.78, 5) is 3.79. The monoisotopic (exact) mass is 238 g/mol. The second-order valence-electron chi connectivity index (χ2n) is 5.02. The van der Waals surface area contributed by atoms with Gasteiger partial charge in [0.1, 0.15) is 5.82 Å². The number of halogens is 1. The highest BCUT2D eigenvalue weighted by atomic mass is 19.1. The first-order valence-corrected chi connectivity index (χ1v) is 6.15. The van der Waals surface area contributed by atoms with Gasteiger partial charge in [-0.1, -0.05) is 6.42 Å². The van der Waals surface area contributed by atoms with Crippen LogP contribution in [-0.4, -0.2) is 22.7 Å². The molecule has 1 aliphatic rings. The molecule has 0 aromatic carbocycles. The third-order valence-electron chi connectivity index (χ3n) is 3.38. The van der Waals surface area contributed by atoms with E-state index < -0.39 is 11.4 Å². The van der Waals surface area contributed by atoms with Gasteiger partial charge in [0.2, 0.25) is 0 Å². The number of hydrogen-bond acceptors (Lipinski definition) is 3. The molecule has 0 amide bonds. The van der Waals surface area contributed by atoms with Crippen LogP contribution in [0.1, 0.15) is 38.2 Å². The lowest BCUT2D eigenvalue weighted by molar-refractivity contribution is 0.0326. The Labute approximate surface area is 101 Å². The summed E-state index contributed by atoms with van der Waals surface area (Å²) in [6.45, 7) is 2.72. The lowest BCUT2D eigenvalue weighted by atomic mass is 9.87. The van der Waals surface area contributed by atoms with E-state index in [9.17, 15) is 9.50 Å². The Bertz CT molecular complexity index is 375. The molecule has 2 heterocycles. The van der Waals surface area contributed by atoms with Crippen LogP contribution in [-0.2, 0) is 5.60 Å². The minimum atomic E-state index is -1.02. The van der Waals surface area contributed by atoms with Gasteiger partial charge in [0.25, 0.3) is 0 Å². The number of rotatable bonds is 3. The predicted octanol–water partition coefficient (Wildman–Crippen LogP) is 1.96. The fourth-order valence-corrected chi connectivity index (χ4v) is 2.40. The van der Waals surface area contributed by atoms with Crippen LogP contribution in [0.15, 0.2) is 18.5 Å². The second-order valence-corrected chi connectivity index (χ2v) is 5.02. The van der Waals surface area contributed by atoms with Gasteiger partial charge in [-0.2, -0.15) is 0 Å². The van der Waals surface area contributed by atoms with Crippen LogP contribution >= 0.6 is 0 Å². The Morgan fingerprint density at radius 3 is 3.00 bits per heavy atom. The van der Waals surface area contributed by atoms with Crippen molar-refractivity contribution in [3.05, 3.63) is 29.8 Å². The summed E-state index contributed by atoms with van der Waals surface area (Å²) < 4.78 is 13.1. The van der Waals surface area contributed by atoms with Crippen LogP contribution in [0, 0.1) is 5.82 Å². The summed E-state index contributed by atoms with van der Waals surface area (Å²) >= 11 is 0. The third-order valence-corrected chi connectivity index (χ3v) is 3.38. The minimum Gasteiger partial charge on any atom is -0.385 e. The molecule has 1 aliphatic heterocycles. The molecule has 2 N–H and O–H groups in total. The lowest BCUT2D eigenvalue weighted by Crippen LogP contribution is -2.39. The molecule has 0 bridgehead atoms. The van der Waals surface area contributed by atoms with Crippen molar-refractivity contribution in [2.75, 3.05) is 6.54 Å². The Hall–Kier alpha value is -1.00. The molecule has 1 aromatic heterocycles. The van der Waals surface area contributed by atoms with Gasteiger partial charge < -0.3 is 10.4 Å². The Balaban J connectivity index is 2.06. The van der Waals surface area contributed by atoms with Crippen LogP contribution in [0.5, 0.6) is 0 Å². The quantitative estimate of drug-likeness (QED) is 0.846. The van der Waals surface area contributed by atoms with E-state index in [0.717, 1.165) is 19.2 Å². The molecule has 2 atom stereocenters. The molecule has 0 saturated carbocycles. The van der Waals surface area contributed by atoms with Gasteiger partial charge >= 0.3 is 0 Å². The van der Waals surface area contributed by atoms with E-state index in [4.69, 9.17) is 0 Å². The van der Waals surface area contributed by atoms with Gasteiger partial charge in [0, 0.05) is 17.8 Å². The molecule has 1 fully saturated rings. The molecule has 94 valence electrons. The molecule has 0 aliphatic carbocycles. The summed E-state index contributed by atoms with van der Waals surface area (Å²) in [6.07, 6.45) is 6.73. The van der Waals surface area contributed by atoms with Gasteiger partial charge in [-0.05, 0) is 38.8 Å². The van der Waals surface area contributed by atoms with Gasteiger partial charge in [-0.25, -0.2) is 4.39 Å². The van der Waals surface area contributed by atoms with Crippen LogP contribution in [0.25, 0.3) is 0 Å². The summed E-state index contributed by atoms with van der Waals surface area (Å²) in [5, 5.41) is 13.8. The van der Waals surface area contributed by atoms with E-state index in [1.165, 1.54) is 25.1 Å². The van der Waals surface area contributed by atoms with Crippen LogP contribution < -0.4 is 5.32 Å². The summed E-state index contributed by atoms with van der Waals surface area (Å²) in [6, 6.07) is 1.66. The summed E-state index contributed by atoms with van der Waals surface area (Å²) in [5.41, 5.74) is -0.478. The highest BCUT2D eigenvalue weighted by Gasteiger charge is 2.28. The van der Waals surface area contributed by atoms with Crippen LogP contribution in [0.2, 0.25) is 0 Å². The molecular formula is C13H19FN2O. The lowest BCUT2D eigenvalue weighted by Gasteiger charge is -2.31. The number of nitrogens with one attached hydrogen (secondary N) is 1. The molecule has 1 saturated heterocycles. The van der Waals surface area contributed by atoms with Gasteiger partial charge in [-0.15, -0.1) is 0 Å². The Morgan fingerprint density at radius 1 is 1.53 bits per heavy atom. The first-order chi connectivity index (χ1) is 8.08. The molecule has 4 heteroatoms. The van der Waals surface area contributed by atoms with Crippen molar-refractivity contribution in [3.8, 4) is 0 Å². The van der Waals surface area contributed by atoms with Gasteiger partial charge in [-0.3, -0.25) is 4.98 Å². The van der Waals surface area contributed by atoms with E-state index in [1.807, 2.05) is 0 Å². The SMILES string of the molecule is CC(O)(CC1CCCCN1)c1cncc(F)c1. The smallest absolute Gasteiger partial charge is 0.141 e. The molecule has 3 nitrogen and oxygen atoms in total. The molecule has 1 aromatic rings. The minimum absolute atomic E-state index is 0.307. The van der Waals surface area contributed by atoms with Crippen LogP contribution in [0.4, 0.5) is 4.39 Å². The zero-order chi connectivity index (χ0) is 12.3. The molecule has 17 heavy (non-hydrogen) atoms. The van der Waals surface area contributed by atoms with E-state index in [0.29, 0.717) is 18.0 Å². The van der Waals surface area contributed by atoms with E-state index in [2.05, 4.69) is 10.3 Å². The maximum atomic E-state index is 13.1. The van der Waals surface area contributed by atoms with Gasteiger partial charge in [0.05, 0.1) is 11.8 Å². The first kappa shape index (κ1) is 12.5. The third kappa shape index (κ3) is 3.23. The predicted molar refractivity (Wildman–Crippen MR) is 64.0 cm³/mol. The number of hydrogen-bond donors (Lipinski definition) is 2. The second kappa shape index (κ2) is 5.10. The maximum absolute atomic E-state index is 13.1. The van der Waals surface area contributed by atoms with E-state index >= 15 is 0 Å². The maximum Gasteiger partial charge on any atom is 0.141 e. The standard InChI is InChI=1S/C13H19FN2O/c1-13(17,7-12-4-2-3-5-16-12)10-6-11(14)9-15-8-10/h6,8-9,12,16-17H,2-5,7H2,1H3.